The minimum atomic E-state index is -0.182. The maximum atomic E-state index is 12.2. The third kappa shape index (κ3) is 2.41. The summed E-state index contributed by atoms with van der Waals surface area (Å²) in [6, 6.07) is 9.43. The van der Waals surface area contributed by atoms with Gasteiger partial charge in [-0.05, 0) is 41.8 Å². The summed E-state index contributed by atoms with van der Waals surface area (Å²) in [6.07, 6.45) is 2.38. The van der Waals surface area contributed by atoms with Crippen molar-refractivity contribution in [2.45, 2.75) is 13.3 Å². The number of benzene rings is 1. The Kier molecular flexibility index (Phi) is 3.72. The number of hydrogen-bond acceptors (Lipinski definition) is 2. The molecule has 0 fully saturated rings. The van der Waals surface area contributed by atoms with Gasteiger partial charge >= 0.3 is 0 Å². The highest BCUT2D eigenvalue weighted by Gasteiger charge is 2.18. The van der Waals surface area contributed by atoms with Crippen LogP contribution < -0.4 is 4.90 Å². The van der Waals surface area contributed by atoms with Gasteiger partial charge in [0.05, 0.1) is 11.8 Å². The van der Waals surface area contributed by atoms with Crippen molar-refractivity contribution in [2.75, 3.05) is 11.9 Å². The molecule has 0 aliphatic carbocycles. The second kappa shape index (κ2) is 5.27. The number of carbonyl (C=O) groups is 1. The highest BCUT2D eigenvalue weighted by atomic mass is 35.5. The first-order valence-corrected chi connectivity index (χ1v) is 6.11. The third-order valence-corrected chi connectivity index (χ3v) is 3.18. The van der Waals surface area contributed by atoms with Crippen LogP contribution in [0.25, 0.3) is 0 Å². The zero-order chi connectivity index (χ0) is 13.1. The molecule has 94 valence electrons. The van der Waals surface area contributed by atoms with E-state index in [2.05, 4.69) is 6.92 Å². The maximum Gasteiger partial charge on any atom is 0.262 e. The van der Waals surface area contributed by atoms with Crippen LogP contribution in [-0.4, -0.2) is 13.0 Å². The molecule has 0 unspecified atom stereocenters. The molecule has 2 rings (SSSR count). The van der Waals surface area contributed by atoms with Gasteiger partial charge in [0.2, 0.25) is 5.22 Å². The van der Waals surface area contributed by atoms with Gasteiger partial charge in [-0.3, -0.25) is 4.79 Å². The van der Waals surface area contributed by atoms with E-state index >= 15 is 0 Å². The molecular weight excluding hydrogens is 250 g/mol. The smallest absolute Gasteiger partial charge is 0.262 e. The fourth-order valence-electron chi connectivity index (χ4n) is 1.70. The first kappa shape index (κ1) is 12.7. The molecule has 3 nitrogen and oxygen atoms in total. The number of amides is 1. The molecule has 0 saturated carbocycles. The molecule has 0 aliphatic heterocycles. The molecule has 1 heterocycles. The van der Waals surface area contributed by atoms with Crippen molar-refractivity contribution >= 4 is 23.2 Å². The average molecular weight is 264 g/mol. The van der Waals surface area contributed by atoms with Crippen LogP contribution in [-0.2, 0) is 6.42 Å². The van der Waals surface area contributed by atoms with Crippen LogP contribution >= 0.6 is 11.6 Å². The third-order valence-electron chi connectivity index (χ3n) is 2.88. The lowest BCUT2D eigenvalue weighted by Gasteiger charge is -2.16. The zero-order valence-electron chi connectivity index (χ0n) is 10.3. The van der Waals surface area contributed by atoms with Crippen LogP contribution in [0.2, 0.25) is 5.22 Å². The van der Waals surface area contributed by atoms with Crippen LogP contribution in [0.3, 0.4) is 0 Å². The van der Waals surface area contributed by atoms with Gasteiger partial charge < -0.3 is 9.32 Å². The fraction of sp³-hybridized carbons (Fsp3) is 0.214. The van der Waals surface area contributed by atoms with Crippen molar-refractivity contribution in [3.8, 4) is 0 Å². The molecule has 0 aliphatic rings. The van der Waals surface area contributed by atoms with Crippen molar-refractivity contribution in [1.82, 2.24) is 0 Å². The predicted octanol–water partition coefficient (Wildman–Crippen LogP) is 3.77. The summed E-state index contributed by atoms with van der Waals surface area (Å²) < 4.78 is 4.93. The Morgan fingerprint density at radius 1 is 1.28 bits per heavy atom. The Labute approximate surface area is 111 Å². The molecule has 1 aromatic heterocycles. The van der Waals surface area contributed by atoms with E-state index in [1.165, 1.54) is 11.8 Å². The molecule has 0 N–H and O–H groups in total. The van der Waals surface area contributed by atoms with E-state index < -0.39 is 0 Å². The van der Waals surface area contributed by atoms with E-state index in [-0.39, 0.29) is 11.1 Å². The standard InChI is InChI=1S/C14H14ClNO2/c1-3-10-4-6-11(7-5-10)16(2)14(17)12-8-9-18-13(12)15/h4-9H,3H2,1-2H3. The van der Waals surface area contributed by atoms with Gasteiger partial charge in [0, 0.05) is 12.7 Å². The van der Waals surface area contributed by atoms with E-state index in [0.717, 1.165) is 12.1 Å². The minimum Gasteiger partial charge on any atom is -0.452 e. The summed E-state index contributed by atoms with van der Waals surface area (Å²) in [5.41, 5.74) is 2.44. The van der Waals surface area contributed by atoms with Gasteiger partial charge in [0.25, 0.3) is 5.91 Å². The lowest BCUT2D eigenvalue weighted by Crippen LogP contribution is -2.25. The summed E-state index contributed by atoms with van der Waals surface area (Å²) in [5, 5.41) is 0.122. The molecular formula is C14H14ClNO2. The summed E-state index contributed by atoms with van der Waals surface area (Å²) >= 11 is 5.80. The molecule has 0 saturated heterocycles. The van der Waals surface area contributed by atoms with Gasteiger partial charge in [-0.1, -0.05) is 19.1 Å². The summed E-state index contributed by atoms with van der Waals surface area (Å²) in [5.74, 6) is -0.182. The summed E-state index contributed by atoms with van der Waals surface area (Å²) in [6.45, 7) is 2.09. The molecule has 1 aromatic carbocycles. The van der Waals surface area contributed by atoms with E-state index in [9.17, 15) is 4.79 Å². The van der Waals surface area contributed by atoms with Crippen molar-refractivity contribution in [3.05, 3.63) is 52.9 Å². The fourth-order valence-corrected chi connectivity index (χ4v) is 1.89. The first-order valence-electron chi connectivity index (χ1n) is 5.73. The normalized spacial score (nSPS) is 10.4. The highest BCUT2D eigenvalue weighted by molar-refractivity contribution is 6.32. The van der Waals surface area contributed by atoms with Gasteiger partial charge in [-0.15, -0.1) is 0 Å². The van der Waals surface area contributed by atoms with Crippen LogP contribution in [0.1, 0.15) is 22.8 Å². The molecule has 4 heteroatoms. The lowest BCUT2D eigenvalue weighted by molar-refractivity contribution is 0.0992. The van der Waals surface area contributed by atoms with Gasteiger partial charge in [0.15, 0.2) is 0 Å². The van der Waals surface area contributed by atoms with Crippen molar-refractivity contribution in [3.63, 3.8) is 0 Å². The Hall–Kier alpha value is -1.74. The van der Waals surface area contributed by atoms with Crippen molar-refractivity contribution < 1.29 is 9.21 Å². The maximum absolute atomic E-state index is 12.2. The van der Waals surface area contributed by atoms with Gasteiger partial charge in [-0.2, -0.15) is 0 Å². The Morgan fingerprint density at radius 2 is 1.94 bits per heavy atom. The van der Waals surface area contributed by atoms with Crippen molar-refractivity contribution in [1.29, 1.82) is 0 Å². The van der Waals surface area contributed by atoms with Crippen LogP contribution in [0, 0.1) is 0 Å². The Morgan fingerprint density at radius 3 is 2.44 bits per heavy atom. The summed E-state index contributed by atoms with van der Waals surface area (Å²) in [4.78, 5) is 13.7. The molecule has 18 heavy (non-hydrogen) atoms. The topological polar surface area (TPSA) is 33.5 Å². The largest absolute Gasteiger partial charge is 0.452 e. The van der Waals surface area contributed by atoms with Gasteiger partial charge in [0.1, 0.15) is 0 Å². The monoisotopic (exact) mass is 263 g/mol. The number of carbonyl (C=O) groups excluding carboxylic acids is 1. The SMILES string of the molecule is CCc1ccc(N(C)C(=O)c2ccoc2Cl)cc1. The number of hydrogen-bond donors (Lipinski definition) is 0. The number of furan rings is 1. The number of rotatable bonds is 3. The average Bonchev–Trinajstić information content (AvgIpc) is 2.83. The van der Waals surface area contributed by atoms with E-state index in [0.29, 0.717) is 5.56 Å². The van der Waals surface area contributed by atoms with E-state index in [1.54, 1.807) is 18.0 Å². The van der Waals surface area contributed by atoms with E-state index in [1.807, 2.05) is 24.3 Å². The Bertz CT molecular complexity index is 545. The molecule has 1 amide bonds. The minimum absolute atomic E-state index is 0.122. The second-order valence-corrected chi connectivity index (χ2v) is 4.34. The molecule has 0 radical (unpaired) electrons. The quantitative estimate of drug-likeness (QED) is 0.845. The molecule has 0 bridgehead atoms. The molecule has 0 atom stereocenters. The number of nitrogens with zero attached hydrogens (tertiary/aromatic N) is 1. The Balaban J connectivity index is 2.23. The lowest BCUT2D eigenvalue weighted by atomic mass is 10.1. The highest BCUT2D eigenvalue weighted by Crippen LogP contribution is 2.22. The molecule has 2 aromatic rings. The van der Waals surface area contributed by atoms with Crippen LogP contribution in [0.15, 0.2) is 41.0 Å². The first-order chi connectivity index (χ1) is 8.63. The van der Waals surface area contributed by atoms with Crippen LogP contribution in [0.5, 0.6) is 0 Å². The van der Waals surface area contributed by atoms with Crippen LogP contribution in [0.4, 0.5) is 5.69 Å². The number of anilines is 1. The zero-order valence-corrected chi connectivity index (χ0v) is 11.1. The van der Waals surface area contributed by atoms with Gasteiger partial charge in [-0.25, -0.2) is 0 Å². The van der Waals surface area contributed by atoms with Crippen molar-refractivity contribution in [2.24, 2.45) is 0 Å². The summed E-state index contributed by atoms with van der Waals surface area (Å²) in [7, 11) is 1.71. The number of halogens is 1. The second-order valence-electron chi connectivity index (χ2n) is 3.99. The predicted molar refractivity (Wildman–Crippen MR) is 72.3 cm³/mol. The number of aryl methyl sites for hydroxylation is 1. The molecule has 0 spiro atoms. The van der Waals surface area contributed by atoms with E-state index in [4.69, 9.17) is 16.0 Å².